The Morgan fingerprint density at radius 1 is 1.25 bits per heavy atom. The van der Waals surface area contributed by atoms with Crippen molar-refractivity contribution in [2.24, 2.45) is 0 Å². The molecule has 0 aliphatic carbocycles. The monoisotopic (exact) mass is 246 g/mol. The summed E-state index contributed by atoms with van der Waals surface area (Å²) < 4.78 is 5.07. The highest BCUT2D eigenvalue weighted by atomic mass is 32.2. The summed E-state index contributed by atoms with van der Waals surface area (Å²) in [6.07, 6.45) is 5.81. The van der Waals surface area contributed by atoms with E-state index in [0.717, 1.165) is 19.3 Å². The standard InChI is InChI=1S/C12H22O3S/c1-4-5-11(16-3)8-9-15-12(14)7-6-10(2)13/h11H,4-9H2,1-3H3. The third-order valence-corrected chi connectivity index (χ3v) is 3.47. The first-order chi connectivity index (χ1) is 7.60. The fraction of sp³-hybridized carbons (Fsp3) is 0.833. The van der Waals surface area contributed by atoms with Gasteiger partial charge in [-0.25, -0.2) is 0 Å². The van der Waals surface area contributed by atoms with Gasteiger partial charge in [0.1, 0.15) is 5.78 Å². The van der Waals surface area contributed by atoms with E-state index in [-0.39, 0.29) is 18.2 Å². The smallest absolute Gasteiger partial charge is 0.306 e. The SMILES string of the molecule is CCCC(CCOC(=O)CCC(C)=O)SC. The molecule has 0 amide bonds. The number of hydrogen-bond acceptors (Lipinski definition) is 4. The summed E-state index contributed by atoms with van der Waals surface area (Å²) in [5.41, 5.74) is 0. The minimum Gasteiger partial charge on any atom is -0.466 e. The van der Waals surface area contributed by atoms with Gasteiger partial charge in [0.15, 0.2) is 0 Å². The maximum Gasteiger partial charge on any atom is 0.306 e. The molecule has 0 rings (SSSR count). The van der Waals surface area contributed by atoms with Crippen LogP contribution in [0.15, 0.2) is 0 Å². The van der Waals surface area contributed by atoms with Crippen LogP contribution >= 0.6 is 11.8 Å². The first-order valence-corrected chi connectivity index (χ1v) is 7.06. The van der Waals surface area contributed by atoms with Gasteiger partial charge in [0.2, 0.25) is 0 Å². The molecule has 0 bridgehead atoms. The number of carbonyl (C=O) groups excluding carboxylic acids is 2. The van der Waals surface area contributed by atoms with Crippen molar-refractivity contribution in [3.05, 3.63) is 0 Å². The lowest BCUT2D eigenvalue weighted by Gasteiger charge is -2.12. The van der Waals surface area contributed by atoms with Crippen LogP contribution in [0.5, 0.6) is 0 Å². The van der Waals surface area contributed by atoms with E-state index in [1.54, 1.807) is 0 Å². The lowest BCUT2D eigenvalue weighted by Crippen LogP contribution is -2.12. The molecule has 0 aromatic rings. The van der Waals surface area contributed by atoms with Crippen LogP contribution in [0.4, 0.5) is 0 Å². The summed E-state index contributed by atoms with van der Waals surface area (Å²) in [4.78, 5) is 21.8. The molecule has 0 heterocycles. The molecular formula is C12H22O3S. The van der Waals surface area contributed by atoms with Crippen molar-refractivity contribution in [1.82, 2.24) is 0 Å². The minimum atomic E-state index is -0.258. The number of ketones is 1. The molecular weight excluding hydrogens is 224 g/mol. The molecule has 1 atom stereocenters. The van der Waals surface area contributed by atoms with E-state index in [0.29, 0.717) is 18.3 Å². The van der Waals surface area contributed by atoms with E-state index in [4.69, 9.17) is 4.74 Å². The topological polar surface area (TPSA) is 43.4 Å². The minimum absolute atomic E-state index is 0.0323. The summed E-state index contributed by atoms with van der Waals surface area (Å²) in [6, 6.07) is 0. The molecule has 4 heteroatoms. The van der Waals surface area contributed by atoms with Gasteiger partial charge in [-0.15, -0.1) is 0 Å². The van der Waals surface area contributed by atoms with Crippen LogP contribution in [-0.2, 0) is 14.3 Å². The maximum absolute atomic E-state index is 11.2. The highest BCUT2D eigenvalue weighted by Gasteiger charge is 2.08. The summed E-state index contributed by atoms with van der Waals surface area (Å²) >= 11 is 1.82. The van der Waals surface area contributed by atoms with Crippen LogP contribution in [0.1, 0.15) is 46.0 Å². The van der Waals surface area contributed by atoms with Gasteiger partial charge in [0.05, 0.1) is 13.0 Å². The van der Waals surface area contributed by atoms with Crippen LogP contribution in [0, 0.1) is 0 Å². The Balaban J connectivity index is 3.55. The second kappa shape index (κ2) is 9.70. The second-order valence-electron chi connectivity index (χ2n) is 3.86. The van der Waals surface area contributed by atoms with Gasteiger partial charge in [-0.2, -0.15) is 11.8 Å². The van der Waals surface area contributed by atoms with E-state index in [1.807, 2.05) is 11.8 Å². The third kappa shape index (κ3) is 8.77. The van der Waals surface area contributed by atoms with Crippen LogP contribution < -0.4 is 0 Å². The number of carbonyl (C=O) groups is 2. The Labute approximate surface area is 102 Å². The molecule has 0 spiro atoms. The Kier molecular flexibility index (Phi) is 9.39. The van der Waals surface area contributed by atoms with E-state index in [2.05, 4.69) is 13.2 Å². The lowest BCUT2D eigenvalue weighted by molar-refractivity contribution is -0.144. The van der Waals surface area contributed by atoms with Crippen LogP contribution in [-0.4, -0.2) is 29.9 Å². The van der Waals surface area contributed by atoms with E-state index in [9.17, 15) is 9.59 Å². The highest BCUT2D eigenvalue weighted by Crippen LogP contribution is 2.16. The average Bonchev–Trinajstić information content (AvgIpc) is 2.25. The summed E-state index contributed by atoms with van der Waals surface area (Å²) in [6.45, 7) is 4.11. The van der Waals surface area contributed by atoms with Crippen molar-refractivity contribution in [1.29, 1.82) is 0 Å². The van der Waals surface area contributed by atoms with Crippen molar-refractivity contribution in [3.8, 4) is 0 Å². The molecule has 0 saturated carbocycles. The largest absolute Gasteiger partial charge is 0.466 e. The molecule has 0 aromatic heterocycles. The Morgan fingerprint density at radius 2 is 1.94 bits per heavy atom. The summed E-state index contributed by atoms with van der Waals surface area (Å²) in [5.74, 6) is -0.225. The predicted molar refractivity (Wildman–Crippen MR) is 67.7 cm³/mol. The van der Waals surface area contributed by atoms with E-state index >= 15 is 0 Å². The van der Waals surface area contributed by atoms with Gasteiger partial charge in [-0.3, -0.25) is 4.79 Å². The zero-order valence-corrected chi connectivity index (χ0v) is 11.3. The third-order valence-electron chi connectivity index (χ3n) is 2.33. The van der Waals surface area contributed by atoms with Crippen molar-refractivity contribution in [2.75, 3.05) is 12.9 Å². The number of esters is 1. The fourth-order valence-corrected chi connectivity index (χ4v) is 2.16. The van der Waals surface area contributed by atoms with E-state index in [1.165, 1.54) is 6.92 Å². The predicted octanol–water partition coefficient (Wildman–Crippen LogP) is 2.82. The second-order valence-corrected chi connectivity index (χ2v) is 5.00. The van der Waals surface area contributed by atoms with Gasteiger partial charge < -0.3 is 9.53 Å². The molecule has 0 N–H and O–H groups in total. The number of Topliss-reactive ketones (excluding diaryl/α,β-unsaturated/α-hetero) is 1. The van der Waals surface area contributed by atoms with Crippen molar-refractivity contribution < 1.29 is 14.3 Å². The van der Waals surface area contributed by atoms with Crippen LogP contribution in [0.25, 0.3) is 0 Å². The molecule has 16 heavy (non-hydrogen) atoms. The first-order valence-electron chi connectivity index (χ1n) is 5.78. The molecule has 0 aliphatic heterocycles. The average molecular weight is 246 g/mol. The van der Waals surface area contributed by atoms with E-state index < -0.39 is 0 Å². The number of thioether (sulfide) groups is 1. The maximum atomic E-state index is 11.2. The van der Waals surface area contributed by atoms with Crippen molar-refractivity contribution in [2.45, 2.75) is 51.2 Å². The highest BCUT2D eigenvalue weighted by molar-refractivity contribution is 7.99. The van der Waals surface area contributed by atoms with Gasteiger partial charge in [0.25, 0.3) is 0 Å². The molecule has 1 unspecified atom stereocenters. The molecule has 0 radical (unpaired) electrons. The Bertz CT molecular complexity index is 216. The molecule has 3 nitrogen and oxygen atoms in total. The normalized spacial score (nSPS) is 12.2. The molecule has 0 fully saturated rings. The number of hydrogen-bond donors (Lipinski definition) is 0. The fourth-order valence-electron chi connectivity index (χ4n) is 1.36. The van der Waals surface area contributed by atoms with Crippen molar-refractivity contribution >= 4 is 23.5 Å². The van der Waals surface area contributed by atoms with Gasteiger partial charge in [0, 0.05) is 11.7 Å². The molecule has 0 aliphatic rings. The van der Waals surface area contributed by atoms with Gasteiger partial charge >= 0.3 is 5.97 Å². The quantitative estimate of drug-likeness (QED) is 0.587. The summed E-state index contributed by atoms with van der Waals surface area (Å²) in [7, 11) is 0. The Morgan fingerprint density at radius 3 is 2.44 bits per heavy atom. The Hall–Kier alpha value is -0.510. The number of rotatable bonds is 9. The number of ether oxygens (including phenoxy) is 1. The molecule has 94 valence electrons. The first kappa shape index (κ1) is 15.5. The zero-order chi connectivity index (χ0) is 12.4. The zero-order valence-electron chi connectivity index (χ0n) is 10.5. The molecule has 0 aromatic carbocycles. The van der Waals surface area contributed by atoms with Gasteiger partial charge in [-0.05, 0) is 26.0 Å². The summed E-state index contributed by atoms with van der Waals surface area (Å²) in [5, 5.41) is 0.575. The van der Waals surface area contributed by atoms with Crippen molar-refractivity contribution in [3.63, 3.8) is 0 Å². The van der Waals surface area contributed by atoms with Crippen LogP contribution in [0.3, 0.4) is 0 Å². The van der Waals surface area contributed by atoms with Gasteiger partial charge in [-0.1, -0.05) is 13.3 Å². The van der Waals surface area contributed by atoms with Crippen LogP contribution in [0.2, 0.25) is 0 Å². The molecule has 0 saturated heterocycles. The lowest BCUT2D eigenvalue weighted by atomic mass is 10.2.